The summed E-state index contributed by atoms with van der Waals surface area (Å²) in [6, 6.07) is 0.187. The summed E-state index contributed by atoms with van der Waals surface area (Å²) in [5, 5.41) is 44.3. The van der Waals surface area contributed by atoms with Gasteiger partial charge < -0.3 is 40.9 Å². The van der Waals surface area contributed by atoms with Crippen LogP contribution < -0.4 is 15.9 Å². The summed E-state index contributed by atoms with van der Waals surface area (Å²) in [7, 11) is 0. The Hall–Kier alpha value is -1.48. The van der Waals surface area contributed by atoms with Crippen molar-refractivity contribution in [3.63, 3.8) is 0 Å². The summed E-state index contributed by atoms with van der Waals surface area (Å²) in [6.45, 7) is 0.240. The van der Waals surface area contributed by atoms with Crippen LogP contribution in [0.25, 0.3) is 0 Å². The number of aliphatic hydroxyl groups excluding tert-OH is 3. The summed E-state index contributed by atoms with van der Waals surface area (Å²) < 4.78 is 0. The number of carboxylic acid groups (broad SMARTS) is 2. The van der Waals surface area contributed by atoms with Gasteiger partial charge in [0.25, 0.3) is 0 Å². The topological polar surface area (TPSA) is 167 Å². The fourth-order valence-corrected chi connectivity index (χ4v) is 1.20. The fourth-order valence-electron chi connectivity index (χ4n) is 1.20. The molecule has 0 aromatic heterocycles. The number of aliphatic hydroxyl groups is 3. The van der Waals surface area contributed by atoms with Gasteiger partial charge in [-0.05, 0) is 6.42 Å². The fraction of sp³-hybridized carbons (Fsp3) is 0.600. The zero-order valence-corrected chi connectivity index (χ0v) is 9.43. The molecule has 0 saturated heterocycles. The first-order valence-corrected chi connectivity index (χ1v) is 5.12. The molecule has 8 heteroatoms. The van der Waals surface area contributed by atoms with Crippen molar-refractivity contribution >= 4 is 11.9 Å². The zero-order valence-electron chi connectivity index (χ0n) is 9.43. The summed E-state index contributed by atoms with van der Waals surface area (Å²) in [6.07, 6.45) is -0.0443. The Balaban J connectivity index is 0.000000327. The number of carbonyl (C=O) groups is 2. The van der Waals surface area contributed by atoms with Crippen molar-refractivity contribution in [1.82, 2.24) is 0 Å². The Labute approximate surface area is 103 Å². The maximum Gasteiger partial charge on any atom is 0.124 e. The normalized spacial score (nSPS) is 24.9. The second-order valence-corrected chi connectivity index (χ2v) is 3.75. The van der Waals surface area contributed by atoms with E-state index in [1.165, 1.54) is 0 Å². The molecule has 0 spiro atoms. The molecule has 18 heavy (non-hydrogen) atoms. The highest BCUT2D eigenvalue weighted by Gasteiger charge is 2.17. The minimum absolute atomic E-state index is 0.187. The molecule has 5 N–H and O–H groups in total. The highest BCUT2D eigenvalue weighted by atomic mass is 16.4. The number of aliphatic carboxylic acids is 2. The summed E-state index contributed by atoms with van der Waals surface area (Å²) in [4.78, 5) is 19.3. The molecule has 0 radical (unpaired) electrons. The van der Waals surface area contributed by atoms with Gasteiger partial charge in [0.1, 0.15) is 12.2 Å². The molecule has 0 aromatic carbocycles. The molecular weight excluding hydrogens is 246 g/mol. The van der Waals surface area contributed by atoms with E-state index in [-0.39, 0.29) is 12.6 Å². The lowest BCUT2D eigenvalue weighted by Gasteiger charge is -2.18. The van der Waals surface area contributed by atoms with E-state index in [4.69, 9.17) is 21.1 Å². The molecule has 1 rings (SSSR count). The second-order valence-electron chi connectivity index (χ2n) is 3.75. The van der Waals surface area contributed by atoms with Crippen LogP contribution in [0.2, 0.25) is 0 Å². The van der Waals surface area contributed by atoms with Gasteiger partial charge in [-0.25, -0.2) is 0 Å². The molecule has 4 atom stereocenters. The molecule has 1 aliphatic carbocycles. The summed E-state index contributed by atoms with van der Waals surface area (Å²) >= 11 is 0. The van der Waals surface area contributed by atoms with Gasteiger partial charge in [0.2, 0.25) is 0 Å². The molecule has 0 fully saturated rings. The Morgan fingerprint density at radius 2 is 1.67 bits per heavy atom. The smallest absolute Gasteiger partial charge is 0.124 e. The third-order valence-corrected chi connectivity index (χ3v) is 2.22. The Bertz CT molecular complexity index is 299. The predicted molar refractivity (Wildman–Crippen MR) is 54.3 cm³/mol. The average molecular weight is 261 g/mol. The van der Waals surface area contributed by atoms with Crippen molar-refractivity contribution < 1.29 is 35.1 Å². The van der Waals surface area contributed by atoms with Crippen LogP contribution in [0.4, 0.5) is 0 Å². The van der Waals surface area contributed by atoms with Crippen LogP contribution in [-0.2, 0) is 9.59 Å². The van der Waals surface area contributed by atoms with Crippen LogP contribution in [-0.4, -0.2) is 52.1 Å². The van der Waals surface area contributed by atoms with Gasteiger partial charge in [0, 0.05) is 18.6 Å². The predicted octanol–water partition coefficient (Wildman–Crippen LogP) is -4.91. The second kappa shape index (κ2) is 7.77. The lowest BCUT2D eigenvalue weighted by molar-refractivity contribution is -0.333. The Morgan fingerprint density at radius 1 is 1.22 bits per heavy atom. The molecule has 0 amide bonds. The molecule has 4 unspecified atom stereocenters. The maximum atomic E-state index is 9.63. The van der Waals surface area contributed by atoms with Crippen molar-refractivity contribution in [3.05, 3.63) is 12.2 Å². The van der Waals surface area contributed by atoms with E-state index in [2.05, 4.69) is 0 Å². The summed E-state index contributed by atoms with van der Waals surface area (Å²) in [5.41, 5.74) is 5.50. The SMILES string of the molecule is NC1C=CC(CO)C1.O=C([O-])C(O)C(O)C(=O)[O-]. The third-order valence-electron chi connectivity index (χ3n) is 2.22. The number of nitrogens with two attached hydrogens (primary N) is 1. The molecule has 0 heterocycles. The van der Waals surface area contributed by atoms with Crippen LogP contribution in [0.5, 0.6) is 0 Å². The number of rotatable bonds is 4. The number of carboxylic acids is 2. The monoisotopic (exact) mass is 261 g/mol. The number of hydrogen-bond acceptors (Lipinski definition) is 8. The highest BCUT2D eigenvalue weighted by molar-refractivity contribution is 5.80. The molecule has 8 nitrogen and oxygen atoms in total. The van der Waals surface area contributed by atoms with E-state index in [0.29, 0.717) is 5.92 Å². The first-order valence-electron chi connectivity index (χ1n) is 5.12. The van der Waals surface area contributed by atoms with Crippen LogP contribution in [0.3, 0.4) is 0 Å². The molecule has 0 bridgehead atoms. The third kappa shape index (κ3) is 5.73. The van der Waals surface area contributed by atoms with Crippen LogP contribution in [0.1, 0.15) is 6.42 Å². The lowest BCUT2D eigenvalue weighted by atomic mass is 10.1. The zero-order chi connectivity index (χ0) is 14.3. The van der Waals surface area contributed by atoms with Crippen LogP contribution >= 0.6 is 0 Å². The molecule has 1 aliphatic rings. The Kier molecular flexibility index (Phi) is 7.13. The average Bonchev–Trinajstić information content (AvgIpc) is 2.73. The van der Waals surface area contributed by atoms with Crippen molar-refractivity contribution in [1.29, 1.82) is 0 Å². The van der Waals surface area contributed by atoms with E-state index in [1.807, 2.05) is 12.2 Å². The van der Waals surface area contributed by atoms with E-state index >= 15 is 0 Å². The van der Waals surface area contributed by atoms with Gasteiger partial charge in [-0.3, -0.25) is 0 Å². The number of hydrogen-bond donors (Lipinski definition) is 4. The first kappa shape index (κ1) is 16.5. The first-order chi connectivity index (χ1) is 8.29. The number of carbonyl (C=O) groups excluding carboxylic acids is 2. The van der Waals surface area contributed by atoms with Crippen molar-refractivity contribution in [2.24, 2.45) is 11.7 Å². The van der Waals surface area contributed by atoms with E-state index in [9.17, 15) is 19.8 Å². The molecule has 0 aromatic rings. The van der Waals surface area contributed by atoms with Gasteiger partial charge in [-0.2, -0.15) is 0 Å². The van der Waals surface area contributed by atoms with Crippen molar-refractivity contribution in [2.45, 2.75) is 24.7 Å². The van der Waals surface area contributed by atoms with Crippen molar-refractivity contribution in [2.75, 3.05) is 6.61 Å². The minimum Gasteiger partial charge on any atom is -0.547 e. The van der Waals surface area contributed by atoms with E-state index in [0.717, 1.165) is 6.42 Å². The Morgan fingerprint density at radius 3 is 1.83 bits per heavy atom. The molecule has 0 aliphatic heterocycles. The largest absolute Gasteiger partial charge is 0.547 e. The van der Waals surface area contributed by atoms with Gasteiger partial charge in [0.15, 0.2) is 0 Å². The summed E-state index contributed by atoms with van der Waals surface area (Å²) in [5.74, 6) is -3.79. The van der Waals surface area contributed by atoms with Gasteiger partial charge >= 0.3 is 0 Å². The van der Waals surface area contributed by atoms with E-state index in [1.54, 1.807) is 0 Å². The quantitative estimate of drug-likeness (QED) is 0.365. The molecular formula is C10H15NO7-2. The van der Waals surface area contributed by atoms with Gasteiger partial charge in [-0.1, -0.05) is 12.2 Å². The molecule has 104 valence electrons. The standard InChI is InChI=1S/C6H11NO.C4H6O6/c7-6-2-1-5(3-6)4-8;5-1(3(7)8)2(6)4(9)10/h1-2,5-6,8H,3-4,7H2;1-2,5-6H,(H,7,8)(H,9,10)/p-2. The molecule has 0 saturated carbocycles. The van der Waals surface area contributed by atoms with Crippen LogP contribution in [0.15, 0.2) is 12.2 Å². The van der Waals surface area contributed by atoms with Gasteiger partial charge in [-0.15, -0.1) is 0 Å². The van der Waals surface area contributed by atoms with Crippen LogP contribution in [0, 0.1) is 5.92 Å². The minimum atomic E-state index is -2.44. The lowest BCUT2D eigenvalue weighted by Crippen LogP contribution is -2.51. The maximum absolute atomic E-state index is 9.63. The van der Waals surface area contributed by atoms with Gasteiger partial charge in [0.05, 0.1) is 11.9 Å². The van der Waals surface area contributed by atoms with Crippen molar-refractivity contribution in [3.8, 4) is 0 Å². The van der Waals surface area contributed by atoms with E-state index < -0.39 is 24.1 Å². The highest BCUT2D eigenvalue weighted by Crippen LogP contribution is 2.14.